The van der Waals surface area contributed by atoms with Crippen LogP contribution in [0.15, 0.2) is 24.3 Å². The van der Waals surface area contributed by atoms with Crippen LogP contribution in [0.3, 0.4) is 0 Å². The minimum atomic E-state index is -0.355. The number of hydrogen-bond acceptors (Lipinski definition) is 1. The van der Waals surface area contributed by atoms with E-state index in [4.69, 9.17) is 5.73 Å². The maximum Gasteiger partial charge on any atom is 0.0912 e. The molecule has 1 aromatic carbocycles. The summed E-state index contributed by atoms with van der Waals surface area (Å²) in [5.41, 5.74) is 6.74. The fraction of sp³-hybridized carbons (Fsp3) is 0.333. The minimum absolute atomic E-state index is 0. The van der Waals surface area contributed by atoms with E-state index in [2.05, 4.69) is 22.6 Å². The lowest BCUT2D eigenvalue weighted by Gasteiger charge is -2.09. The van der Waals surface area contributed by atoms with Gasteiger partial charge >= 0.3 is 0 Å². The third kappa shape index (κ3) is 4.24. The molecule has 0 spiro atoms. The first-order chi connectivity index (χ1) is 5.74. The van der Waals surface area contributed by atoms with Crippen molar-refractivity contribution in [1.82, 2.24) is 0 Å². The van der Waals surface area contributed by atoms with E-state index in [-0.39, 0.29) is 25.1 Å². The van der Waals surface area contributed by atoms with Gasteiger partial charge in [-0.3, -0.25) is 4.39 Å². The van der Waals surface area contributed by atoms with Crippen LogP contribution in [0.5, 0.6) is 0 Å². The summed E-state index contributed by atoms with van der Waals surface area (Å²) in [6, 6.07) is 7.69. The number of hydrogen-bond donors (Lipinski definition) is 1. The molecule has 0 aliphatic carbocycles. The highest BCUT2D eigenvalue weighted by molar-refractivity contribution is 14.1. The number of halogens is 3. The molecule has 74 valence electrons. The number of alkyl halides is 1. The van der Waals surface area contributed by atoms with Gasteiger partial charge in [0, 0.05) is 9.61 Å². The summed E-state index contributed by atoms with van der Waals surface area (Å²) in [6.07, 6.45) is 0.403. The average molecular weight is 316 g/mol. The molecule has 0 aliphatic heterocycles. The van der Waals surface area contributed by atoms with Gasteiger partial charge < -0.3 is 5.73 Å². The van der Waals surface area contributed by atoms with Gasteiger partial charge in [-0.1, -0.05) is 12.1 Å². The van der Waals surface area contributed by atoms with Gasteiger partial charge in [0.1, 0.15) is 0 Å². The van der Waals surface area contributed by atoms with Crippen molar-refractivity contribution in [1.29, 1.82) is 0 Å². The second-order valence-electron chi connectivity index (χ2n) is 2.64. The zero-order valence-corrected chi connectivity index (χ0v) is 10.0. The molecule has 2 N–H and O–H groups in total. The minimum Gasteiger partial charge on any atom is -0.324 e. The van der Waals surface area contributed by atoms with E-state index < -0.39 is 0 Å². The highest BCUT2D eigenvalue weighted by Crippen LogP contribution is 2.16. The van der Waals surface area contributed by atoms with Crippen molar-refractivity contribution in [3.8, 4) is 0 Å². The summed E-state index contributed by atoms with van der Waals surface area (Å²) in [5, 5.41) is 0. The smallest absolute Gasteiger partial charge is 0.0912 e. The van der Waals surface area contributed by atoms with Gasteiger partial charge in [-0.05, 0) is 46.7 Å². The lowest BCUT2D eigenvalue weighted by atomic mass is 10.1. The van der Waals surface area contributed by atoms with E-state index in [0.717, 1.165) is 9.13 Å². The Morgan fingerprint density at radius 1 is 1.46 bits per heavy atom. The predicted molar refractivity (Wildman–Crippen MR) is 63.9 cm³/mol. The van der Waals surface area contributed by atoms with Crippen molar-refractivity contribution in [2.75, 3.05) is 6.67 Å². The van der Waals surface area contributed by atoms with Gasteiger partial charge in [-0.2, -0.15) is 0 Å². The molecule has 0 saturated carbocycles. The summed E-state index contributed by atoms with van der Waals surface area (Å²) >= 11 is 2.22. The molecule has 4 heteroatoms. The monoisotopic (exact) mass is 315 g/mol. The van der Waals surface area contributed by atoms with Crippen LogP contribution in [0.25, 0.3) is 0 Å². The Morgan fingerprint density at radius 3 is 2.69 bits per heavy atom. The summed E-state index contributed by atoms with van der Waals surface area (Å²) in [4.78, 5) is 0. The Bertz CT molecular complexity index is 257. The van der Waals surface area contributed by atoms with Crippen LogP contribution in [-0.2, 0) is 0 Å². The first-order valence-electron chi connectivity index (χ1n) is 3.81. The van der Waals surface area contributed by atoms with Crippen LogP contribution in [0.2, 0.25) is 0 Å². The van der Waals surface area contributed by atoms with Crippen molar-refractivity contribution in [2.24, 2.45) is 5.73 Å². The maximum absolute atomic E-state index is 11.9. The molecule has 1 atom stereocenters. The Kier molecular flexibility index (Phi) is 6.63. The number of rotatable bonds is 3. The molecule has 0 fully saturated rings. The van der Waals surface area contributed by atoms with Gasteiger partial charge in [0.2, 0.25) is 0 Å². The Labute approximate surface area is 97.4 Å². The summed E-state index contributed by atoms with van der Waals surface area (Å²) in [5.74, 6) is 0. The second-order valence-corrected chi connectivity index (χ2v) is 3.88. The van der Waals surface area contributed by atoms with Crippen LogP contribution in [0.4, 0.5) is 4.39 Å². The largest absolute Gasteiger partial charge is 0.324 e. The molecule has 1 aromatic rings. The molecule has 1 rings (SSSR count). The normalized spacial score (nSPS) is 11.9. The van der Waals surface area contributed by atoms with E-state index >= 15 is 0 Å². The third-order valence-corrected chi connectivity index (χ3v) is 2.37. The summed E-state index contributed by atoms with van der Waals surface area (Å²) in [6.45, 7) is -0.355. The highest BCUT2D eigenvalue weighted by atomic mass is 127. The van der Waals surface area contributed by atoms with Gasteiger partial charge in [-0.25, -0.2) is 0 Å². The highest BCUT2D eigenvalue weighted by Gasteiger charge is 2.04. The molecule has 1 nitrogen and oxygen atoms in total. The van der Waals surface area contributed by atoms with Crippen molar-refractivity contribution in [3.05, 3.63) is 33.4 Å². The zero-order valence-electron chi connectivity index (χ0n) is 7.04. The molecule has 0 amide bonds. The van der Waals surface area contributed by atoms with E-state index in [1.165, 1.54) is 0 Å². The van der Waals surface area contributed by atoms with Gasteiger partial charge in [0.25, 0.3) is 0 Å². The van der Waals surface area contributed by atoms with Crippen molar-refractivity contribution in [3.63, 3.8) is 0 Å². The summed E-state index contributed by atoms with van der Waals surface area (Å²) < 4.78 is 13.1. The quantitative estimate of drug-likeness (QED) is 0.852. The molecule has 0 saturated heterocycles. The van der Waals surface area contributed by atoms with Crippen LogP contribution in [-0.4, -0.2) is 6.67 Å². The fourth-order valence-electron chi connectivity index (χ4n) is 1.02. The molecule has 13 heavy (non-hydrogen) atoms. The molecule has 0 aromatic heterocycles. The third-order valence-electron chi connectivity index (χ3n) is 1.70. The van der Waals surface area contributed by atoms with Crippen LogP contribution in [0, 0.1) is 3.57 Å². The standard InChI is InChI=1S/C9H11FIN.ClH/c10-5-4-9(12)7-2-1-3-8(11)6-7;/h1-3,6,9H,4-5,12H2;1H/t9-;/m0./s1. The van der Waals surface area contributed by atoms with Crippen LogP contribution in [0.1, 0.15) is 18.0 Å². The summed E-state index contributed by atoms with van der Waals surface area (Å²) in [7, 11) is 0. The molecule has 0 radical (unpaired) electrons. The Morgan fingerprint density at radius 2 is 2.15 bits per heavy atom. The predicted octanol–water partition coefficient (Wildman–Crippen LogP) is 3.07. The van der Waals surface area contributed by atoms with Crippen molar-refractivity contribution >= 4 is 35.0 Å². The fourth-order valence-corrected chi connectivity index (χ4v) is 1.59. The second kappa shape index (κ2) is 6.56. The van der Waals surface area contributed by atoms with E-state index in [1.54, 1.807) is 0 Å². The number of benzene rings is 1. The molecular formula is C9H12ClFIN. The van der Waals surface area contributed by atoms with Gasteiger partial charge in [0.05, 0.1) is 6.67 Å². The first kappa shape index (κ1) is 13.1. The molecule has 0 aliphatic rings. The SMILES string of the molecule is Cl.N[C@@H](CCF)c1cccc(I)c1. The molecule has 0 heterocycles. The molecular weight excluding hydrogens is 303 g/mol. The molecule has 0 bridgehead atoms. The van der Waals surface area contributed by atoms with E-state index in [0.29, 0.717) is 6.42 Å². The van der Waals surface area contributed by atoms with Gasteiger partial charge in [-0.15, -0.1) is 12.4 Å². The number of nitrogens with two attached hydrogens (primary N) is 1. The van der Waals surface area contributed by atoms with Crippen LogP contribution < -0.4 is 5.73 Å². The molecule has 0 unspecified atom stereocenters. The zero-order chi connectivity index (χ0) is 8.97. The average Bonchev–Trinajstić information content (AvgIpc) is 2.05. The van der Waals surface area contributed by atoms with Crippen molar-refractivity contribution < 1.29 is 4.39 Å². The maximum atomic E-state index is 11.9. The first-order valence-corrected chi connectivity index (χ1v) is 4.89. The van der Waals surface area contributed by atoms with E-state index in [9.17, 15) is 4.39 Å². The van der Waals surface area contributed by atoms with Crippen LogP contribution >= 0.6 is 35.0 Å². The Balaban J connectivity index is 0.00000144. The lowest BCUT2D eigenvalue weighted by molar-refractivity contribution is 0.442. The van der Waals surface area contributed by atoms with Gasteiger partial charge in [0.15, 0.2) is 0 Å². The van der Waals surface area contributed by atoms with E-state index in [1.807, 2.05) is 24.3 Å². The lowest BCUT2D eigenvalue weighted by Crippen LogP contribution is -2.10. The van der Waals surface area contributed by atoms with Crippen molar-refractivity contribution in [2.45, 2.75) is 12.5 Å². The Hall–Kier alpha value is 0.130. The topological polar surface area (TPSA) is 26.0 Å².